The van der Waals surface area contributed by atoms with Crippen LogP contribution in [0.2, 0.25) is 0 Å². The molecule has 0 aromatic heterocycles. The molecule has 2 aromatic rings. The minimum Gasteiger partial charge on any atom is -0.497 e. The molecule has 0 radical (unpaired) electrons. The van der Waals surface area contributed by atoms with Gasteiger partial charge in [0.25, 0.3) is 0 Å². The van der Waals surface area contributed by atoms with Crippen LogP contribution in [0.1, 0.15) is 17.2 Å². The predicted molar refractivity (Wildman–Crippen MR) is 77.7 cm³/mol. The molecule has 2 rings (SSSR count). The fraction of sp³-hybridized carbons (Fsp3) is 0.200. The Kier molecular flexibility index (Phi) is 4.62. The van der Waals surface area contributed by atoms with Crippen LogP contribution >= 0.6 is 15.9 Å². The minimum absolute atomic E-state index is 0.172. The number of aliphatic hydroxyl groups is 1. The third-order valence-electron chi connectivity index (χ3n) is 3.01. The molecule has 20 heavy (non-hydrogen) atoms. The lowest BCUT2D eigenvalue weighted by molar-refractivity contribution is 0.209. The fourth-order valence-corrected chi connectivity index (χ4v) is 2.33. The van der Waals surface area contributed by atoms with Crippen LogP contribution in [0.4, 0.5) is 4.39 Å². The van der Waals surface area contributed by atoms with Crippen molar-refractivity contribution in [1.29, 1.82) is 0 Å². The van der Waals surface area contributed by atoms with E-state index in [-0.39, 0.29) is 5.56 Å². The lowest BCUT2D eigenvalue weighted by atomic mass is 10.00. The summed E-state index contributed by atoms with van der Waals surface area (Å²) in [7, 11) is 3.02. The second-order valence-corrected chi connectivity index (χ2v) is 5.01. The molecule has 106 valence electrons. The van der Waals surface area contributed by atoms with Gasteiger partial charge in [-0.1, -0.05) is 12.1 Å². The maximum Gasteiger partial charge on any atom is 0.143 e. The zero-order valence-electron chi connectivity index (χ0n) is 11.1. The second-order valence-electron chi connectivity index (χ2n) is 4.15. The summed E-state index contributed by atoms with van der Waals surface area (Å²) >= 11 is 3.11. The van der Waals surface area contributed by atoms with E-state index in [9.17, 15) is 9.50 Å². The van der Waals surface area contributed by atoms with Gasteiger partial charge in [-0.3, -0.25) is 0 Å². The van der Waals surface area contributed by atoms with Crippen molar-refractivity contribution >= 4 is 15.9 Å². The van der Waals surface area contributed by atoms with Crippen LogP contribution in [0.25, 0.3) is 0 Å². The molecular formula is C15H14BrFO3. The zero-order valence-corrected chi connectivity index (χ0v) is 12.6. The maximum absolute atomic E-state index is 14.1. The molecule has 0 aliphatic rings. The average Bonchev–Trinajstić information content (AvgIpc) is 2.48. The predicted octanol–water partition coefficient (Wildman–Crippen LogP) is 3.69. The van der Waals surface area contributed by atoms with Gasteiger partial charge < -0.3 is 14.6 Å². The third kappa shape index (κ3) is 2.78. The number of benzene rings is 2. The van der Waals surface area contributed by atoms with Crippen LogP contribution in [-0.4, -0.2) is 19.3 Å². The summed E-state index contributed by atoms with van der Waals surface area (Å²) in [6.07, 6.45) is -1.14. The van der Waals surface area contributed by atoms with E-state index in [1.807, 2.05) is 0 Å². The van der Waals surface area contributed by atoms with Gasteiger partial charge >= 0.3 is 0 Å². The summed E-state index contributed by atoms with van der Waals surface area (Å²) in [5.41, 5.74) is 0.620. The van der Waals surface area contributed by atoms with Crippen molar-refractivity contribution in [2.75, 3.05) is 14.2 Å². The number of hydrogen-bond acceptors (Lipinski definition) is 3. The highest BCUT2D eigenvalue weighted by molar-refractivity contribution is 9.10. The topological polar surface area (TPSA) is 38.7 Å². The van der Waals surface area contributed by atoms with Gasteiger partial charge in [0, 0.05) is 11.1 Å². The quantitative estimate of drug-likeness (QED) is 0.922. The smallest absolute Gasteiger partial charge is 0.143 e. The van der Waals surface area contributed by atoms with Crippen LogP contribution in [0.5, 0.6) is 11.5 Å². The number of ether oxygens (including phenoxy) is 2. The summed E-state index contributed by atoms with van der Waals surface area (Å²) in [6.45, 7) is 0. The Labute approximate surface area is 125 Å². The highest BCUT2D eigenvalue weighted by atomic mass is 79.9. The monoisotopic (exact) mass is 340 g/mol. The van der Waals surface area contributed by atoms with Crippen molar-refractivity contribution in [2.45, 2.75) is 6.10 Å². The SMILES string of the molecule is COc1ccc(OC)c(C(O)c2cccc(Br)c2F)c1. The van der Waals surface area contributed by atoms with Gasteiger partial charge in [-0.2, -0.15) is 0 Å². The maximum atomic E-state index is 14.1. The molecule has 0 saturated carbocycles. The molecule has 5 heteroatoms. The van der Waals surface area contributed by atoms with E-state index in [4.69, 9.17) is 9.47 Å². The Morgan fingerprint density at radius 3 is 2.50 bits per heavy atom. The van der Waals surface area contributed by atoms with Crippen molar-refractivity contribution in [1.82, 2.24) is 0 Å². The third-order valence-corrected chi connectivity index (χ3v) is 3.62. The lowest BCUT2D eigenvalue weighted by Crippen LogP contribution is -2.05. The Balaban J connectivity index is 2.51. The number of halogens is 2. The molecule has 0 saturated heterocycles. The molecule has 0 bridgehead atoms. The zero-order chi connectivity index (χ0) is 14.7. The molecule has 3 nitrogen and oxygen atoms in total. The molecular weight excluding hydrogens is 327 g/mol. The second kappa shape index (κ2) is 6.24. The van der Waals surface area contributed by atoms with E-state index in [1.54, 1.807) is 30.3 Å². The summed E-state index contributed by atoms with van der Waals surface area (Å²) in [4.78, 5) is 0. The van der Waals surface area contributed by atoms with E-state index < -0.39 is 11.9 Å². The van der Waals surface area contributed by atoms with Crippen molar-refractivity contribution in [2.24, 2.45) is 0 Å². The molecule has 0 amide bonds. The highest BCUT2D eigenvalue weighted by Gasteiger charge is 2.20. The van der Waals surface area contributed by atoms with Crippen LogP contribution in [0.15, 0.2) is 40.9 Å². The molecule has 1 unspecified atom stereocenters. The number of rotatable bonds is 4. The first-order valence-electron chi connectivity index (χ1n) is 5.92. The van der Waals surface area contributed by atoms with Crippen LogP contribution in [-0.2, 0) is 0 Å². The summed E-state index contributed by atoms with van der Waals surface area (Å²) in [5, 5.41) is 10.4. The fourth-order valence-electron chi connectivity index (χ4n) is 1.95. The largest absolute Gasteiger partial charge is 0.497 e. The van der Waals surface area contributed by atoms with Crippen molar-refractivity contribution in [3.8, 4) is 11.5 Å². The van der Waals surface area contributed by atoms with Gasteiger partial charge in [0.2, 0.25) is 0 Å². The Morgan fingerprint density at radius 2 is 1.85 bits per heavy atom. The summed E-state index contributed by atoms with van der Waals surface area (Å²) < 4.78 is 24.7. The van der Waals surface area contributed by atoms with Gasteiger partial charge in [0.1, 0.15) is 23.4 Å². The number of aliphatic hydroxyl groups excluding tert-OH is 1. The van der Waals surface area contributed by atoms with E-state index >= 15 is 0 Å². The van der Waals surface area contributed by atoms with Crippen molar-refractivity contribution in [3.63, 3.8) is 0 Å². The van der Waals surface area contributed by atoms with Gasteiger partial charge in [-0.15, -0.1) is 0 Å². The number of methoxy groups -OCH3 is 2. The van der Waals surface area contributed by atoms with Crippen LogP contribution < -0.4 is 9.47 Å². The van der Waals surface area contributed by atoms with Crippen LogP contribution in [0, 0.1) is 5.82 Å². The molecule has 0 spiro atoms. The average molecular weight is 341 g/mol. The molecule has 1 N–H and O–H groups in total. The highest BCUT2D eigenvalue weighted by Crippen LogP contribution is 2.35. The number of hydrogen-bond donors (Lipinski definition) is 1. The Morgan fingerprint density at radius 1 is 1.10 bits per heavy atom. The first-order valence-corrected chi connectivity index (χ1v) is 6.71. The summed E-state index contributed by atoms with van der Waals surface area (Å²) in [5.74, 6) is 0.540. The summed E-state index contributed by atoms with van der Waals surface area (Å²) in [6, 6.07) is 9.79. The molecule has 0 aliphatic heterocycles. The first-order chi connectivity index (χ1) is 9.58. The van der Waals surface area contributed by atoms with Gasteiger partial charge in [-0.05, 0) is 40.2 Å². The van der Waals surface area contributed by atoms with E-state index in [0.29, 0.717) is 21.5 Å². The van der Waals surface area contributed by atoms with Crippen molar-refractivity contribution in [3.05, 3.63) is 57.8 Å². The molecule has 0 fully saturated rings. The molecule has 2 aromatic carbocycles. The van der Waals surface area contributed by atoms with E-state index in [0.717, 1.165) is 0 Å². The van der Waals surface area contributed by atoms with Gasteiger partial charge in [0.15, 0.2) is 0 Å². The van der Waals surface area contributed by atoms with Gasteiger partial charge in [0.05, 0.1) is 18.7 Å². The van der Waals surface area contributed by atoms with E-state index in [1.165, 1.54) is 20.3 Å². The standard InChI is InChI=1S/C15H14BrFO3/c1-19-9-6-7-13(20-2)11(8-9)15(18)10-4-3-5-12(16)14(10)17/h3-8,15,18H,1-2H3. The molecule has 1 atom stereocenters. The van der Waals surface area contributed by atoms with Gasteiger partial charge in [-0.25, -0.2) is 4.39 Å². The lowest BCUT2D eigenvalue weighted by Gasteiger charge is -2.17. The van der Waals surface area contributed by atoms with Crippen molar-refractivity contribution < 1.29 is 19.0 Å². The van der Waals surface area contributed by atoms with E-state index in [2.05, 4.69) is 15.9 Å². The van der Waals surface area contributed by atoms with Crippen LogP contribution in [0.3, 0.4) is 0 Å². The molecule has 0 heterocycles. The Bertz CT molecular complexity index is 616. The molecule has 0 aliphatic carbocycles. The Hall–Kier alpha value is -1.59. The first kappa shape index (κ1) is 14.8. The normalized spacial score (nSPS) is 12.1. The minimum atomic E-state index is -1.14.